The van der Waals surface area contributed by atoms with Gasteiger partial charge in [0.2, 0.25) is 0 Å². The van der Waals surface area contributed by atoms with Crippen molar-refractivity contribution in [3.8, 4) is 0 Å². The molecule has 0 saturated heterocycles. The van der Waals surface area contributed by atoms with E-state index in [-0.39, 0.29) is 11.9 Å². The molecule has 2 aromatic carbocycles. The first-order chi connectivity index (χ1) is 10.2. The van der Waals surface area contributed by atoms with Crippen LogP contribution < -0.4 is 5.32 Å². The second kappa shape index (κ2) is 6.14. The van der Waals surface area contributed by atoms with Gasteiger partial charge in [-0.2, -0.15) is 0 Å². The molecule has 3 aromatic rings. The molecule has 1 nitrogen and oxygen atoms in total. The number of hydrogen-bond acceptors (Lipinski definition) is 2. The monoisotopic (exact) mass is 319 g/mol. The molecule has 1 N–H and O–H groups in total. The summed E-state index contributed by atoms with van der Waals surface area (Å²) in [6, 6.07) is 12.8. The Hall–Kier alpha value is -1.42. The third-order valence-corrected chi connectivity index (χ3v) is 4.83. The van der Waals surface area contributed by atoms with Crippen molar-refractivity contribution in [3.05, 3.63) is 69.8 Å². The molecule has 3 rings (SSSR count). The van der Waals surface area contributed by atoms with Crippen LogP contribution in [0.15, 0.2) is 47.8 Å². The summed E-state index contributed by atoms with van der Waals surface area (Å²) in [6.07, 6.45) is 0. The second-order valence-electron chi connectivity index (χ2n) is 4.81. The van der Waals surface area contributed by atoms with Gasteiger partial charge in [0.05, 0.1) is 6.04 Å². The van der Waals surface area contributed by atoms with Crippen LogP contribution in [0.1, 0.15) is 24.1 Å². The van der Waals surface area contributed by atoms with E-state index in [9.17, 15) is 4.39 Å². The summed E-state index contributed by atoms with van der Waals surface area (Å²) in [5, 5.41) is 7.04. The fraction of sp³-hybridized carbons (Fsp3) is 0.176. The van der Waals surface area contributed by atoms with E-state index in [0.717, 1.165) is 17.5 Å². The molecule has 21 heavy (non-hydrogen) atoms. The molecular formula is C17H15ClFNS. The van der Waals surface area contributed by atoms with Gasteiger partial charge in [-0.05, 0) is 41.1 Å². The molecule has 1 unspecified atom stereocenters. The summed E-state index contributed by atoms with van der Waals surface area (Å²) < 4.78 is 15.5. The van der Waals surface area contributed by atoms with Crippen LogP contribution in [0.3, 0.4) is 0 Å². The molecule has 0 aliphatic heterocycles. The number of nitrogens with one attached hydrogen (secondary N) is 1. The number of benzene rings is 2. The first-order valence-electron chi connectivity index (χ1n) is 6.85. The van der Waals surface area contributed by atoms with Crippen LogP contribution in [-0.2, 0) is 0 Å². The normalized spacial score (nSPS) is 12.7. The highest BCUT2D eigenvalue weighted by Gasteiger charge is 2.22. The van der Waals surface area contributed by atoms with Crippen LogP contribution in [0, 0.1) is 5.82 Å². The minimum Gasteiger partial charge on any atom is -0.306 e. The van der Waals surface area contributed by atoms with Crippen molar-refractivity contribution in [2.45, 2.75) is 13.0 Å². The summed E-state index contributed by atoms with van der Waals surface area (Å²) in [5.41, 5.74) is 1.59. The lowest BCUT2D eigenvalue weighted by Crippen LogP contribution is -2.23. The number of thiophene rings is 1. The standard InChI is InChI=1S/C17H15ClFNS/c1-2-20-17(16-13(18)7-5-8-14(16)19)12-10-21-15-9-4-3-6-11(12)15/h3-10,17,20H,2H2,1H3. The van der Waals surface area contributed by atoms with Gasteiger partial charge >= 0.3 is 0 Å². The van der Waals surface area contributed by atoms with Gasteiger partial charge in [-0.25, -0.2) is 4.39 Å². The van der Waals surface area contributed by atoms with Gasteiger partial charge in [0.25, 0.3) is 0 Å². The topological polar surface area (TPSA) is 12.0 Å². The molecule has 1 heterocycles. The maximum atomic E-state index is 14.3. The van der Waals surface area contributed by atoms with Crippen LogP contribution in [0.4, 0.5) is 4.39 Å². The molecule has 0 saturated carbocycles. The van der Waals surface area contributed by atoms with E-state index >= 15 is 0 Å². The van der Waals surface area contributed by atoms with Gasteiger partial charge in [-0.3, -0.25) is 0 Å². The molecule has 108 valence electrons. The van der Waals surface area contributed by atoms with Crippen molar-refractivity contribution in [2.75, 3.05) is 6.54 Å². The maximum absolute atomic E-state index is 14.3. The maximum Gasteiger partial charge on any atom is 0.129 e. The molecule has 0 spiro atoms. The minimum absolute atomic E-state index is 0.236. The van der Waals surface area contributed by atoms with Crippen molar-refractivity contribution in [2.24, 2.45) is 0 Å². The van der Waals surface area contributed by atoms with Gasteiger partial charge in [0.15, 0.2) is 0 Å². The SMILES string of the molecule is CCNC(c1c(F)cccc1Cl)c1csc2ccccc12. The molecule has 0 bridgehead atoms. The third-order valence-electron chi connectivity index (χ3n) is 3.52. The van der Waals surface area contributed by atoms with Crippen molar-refractivity contribution in [3.63, 3.8) is 0 Å². The summed E-state index contributed by atoms with van der Waals surface area (Å²) >= 11 is 7.92. The van der Waals surface area contributed by atoms with Crippen molar-refractivity contribution in [1.29, 1.82) is 0 Å². The van der Waals surface area contributed by atoms with Crippen molar-refractivity contribution >= 4 is 33.0 Å². The van der Waals surface area contributed by atoms with Gasteiger partial charge in [0.1, 0.15) is 5.82 Å². The van der Waals surface area contributed by atoms with E-state index in [4.69, 9.17) is 11.6 Å². The van der Waals surface area contributed by atoms with E-state index in [1.807, 2.05) is 19.1 Å². The van der Waals surface area contributed by atoms with Crippen LogP contribution in [0.2, 0.25) is 5.02 Å². The summed E-state index contributed by atoms with van der Waals surface area (Å²) in [6.45, 7) is 2.75. The van der Waals surface area contributed by atoms with Crippen molar-refractivity contribution < 1.29 is 4.39 Å². The zero-order valence-electron chi connectivity index (χ0n) is 11.6. The zero-order chi connectivity index (χ0) is 14.8. The lowest BCUT2D eigenvalue weighted by Gasteiger charge is -2.20. The summed E-state index contributed by atoms with van der Waals surface area (Å²) in [5.74, 6) is -0.274. The average Bonchev–Trinajstić information content (AvgIpc) is 2.90. The summed E-state index contributed by atoms with van der Waals surface area (Å²) in [4.78, 5) is 0. The molecule has 0 fully saturated rings. The number of hydrogen-bond donors (Lipinski definition) is 1. The van der Waals surface area contributed by atoms with Gasteiger partial charge in [0, 0.05) is 15.3 Å². The molecule has 0 aliphatic carbocycles. The van der Waals surface area contributed by atoms with Gasteiger partial charge < -0.3 is 5.32 Å². The van der Waals surface area contributed by atoms with E-state index in [0.29, 0.717) is 10.6 Å². The van der Waals surface area contributed by atoms with E-state index < -0.39 is 0 Å². The molecule has 0 radical (unpaired) electrons. The van der Waals surface area contributed by atoms with Crippen LogP contribution >= 0.6 is 22.9 Å². The molecule has 4 heteroatoms. The number of rotatable bonds is 4. The quantitative estimate of drug-likeness (QED) is 0.679. The van der Waals surface area contributed by atoms with Crippen molar-refractivity contribution in [1.82, 2.24) is 5.32 Å². The lowest BCUT2D eigenvalue weighted by atomic mass is 9.97. The first-order valence-corrected chi connectivity index (χ1v) is 8.11. The Balaban J connectivity index is 2.18. The highest BCUT2D eigenvalue weighted by molar-refractivity contribution is 7.17. The predicted octanol–water partition coefficient (Wildman–Crippen LogP) is 5.39. The Morgan fingerprint density at radius 2 is 2.00 bits per heavy atom. The highest BCUT2D eigenvalue weighted by atomic mass is 35.5. The number of fused-ring (bicyclic) bond motifs is 1. The highest BCUT2D eigenvalue weighted by Crippen LogP contribution is 2.37. The largest absolute Gasteiger partial charge is 0.306 e. The van der Waals surface area contributed by atoms with E-state index in [1.165, 1.54) is 10.8 Å². The Labute approximate surface area is 132 Å². The molecule has 0 amide bonds. The fourth-order valence-corrected chi connectivity index (χ4v) is 3.84. The second-order valence-corrected chi connectivity index (χ2v) is 6.13. The Bertz CT molecular complexity index is 748. The molecule has 1 atom stereocenters. The Morgan fingerprint density at radius 1 is 1.19 bits per heavy atom. The predicted molar refractivity (Wildman–Crippen MR) is 88.8 cm³/mol. The van der Waals surface area contributed by atoms with E-state index in [2.05, 4.69) is 22.8 Å². The average molecular weight is 320 g/mol. The van der Waals surface area contributed by atoms with Crippen LogP contribution in [0.25, 0.3) is 10.1 Å². The summed E-state index contributed by atoms with van der Waals surface area (Å²) in [7, 11) is 0. The van der Waals surface area contributed by atoms with Gasteiger partial charge in [-0.15, -0.1) is 11.3 Å². The first kappa shape index (κ1) is 14.5. The fourth-order valence-electron chi connectivity index (χ4n) is 2.58. The zero-order valence-corrected chi connectivity index (χ0v) is 13.1. The van der Waals surface area contributed by atoms with Crippen LogP contribution in [-0.4, -0.2) is 6.54 Å². The number of halogens is 2. The molecular weight excluding hydrogens is 305 g/mol. The van der Waals surface area contributed by atoms with E-state index in [1.54, 1.807) is 23.5 Å². The Kier molecular flexibility index (Phi) is 4.24. The minimum atomic E-state index is -0.274. The third kappa shape index (κ3) is 2.69. The molecule has 0 aliphatic rings. The van der Waals surface area contributed by atoms with Gasteiger partial charge in [-0.1, -0.05) is 42.8 Å². The van der Waals surface area contributed by atoms with Crippen LogP contribution in [0.5, 0.6) is 0 Å². The smallest absolute Gasteiger partial charge is 0.129 e. The Morgan fingerprint density at radius 3 is 2.76 bits per heavy atom. The molecule has 1 aromatic heterocycles. The lowest BCUT2D eigenvalue weighted by molar-refractivity contribution is 0.561.